The van der Waals surface area contributed by atoms with Gasteiger partial charge in [-0.2, -0.15) is 0 Å². The van der Waals surface area contributed by atoms with E-state index in [-0.39, 0.29) is 5.78 Å². The van der Waals surface area contributed by atoms with Crippen LogP contribution in [0.4, 0.5) is 0 Å². The fourth-order valence-electron chi connectivity index (χ4n) is 2.19. The summed E-state index contributed by atoms with van der Waals surface area (Å²) in [5, 5.41) is 0.703. The van der Waals surface area contributed by atoms with Crippen LogP contribution in [0.2, 0.25) is 5.02 Å². The average Bonchev–Trinajstić information content (AvgIpc) is 2.33. The molecule has 0 atom stereocenters. The fraction of sp³-hybridized carbons (Fsp3) is 0.533. The Labute approximate surface area is 115 Å². The highest BCUT2D eigenvalue weighted by Gasteiger charge is 2.32. The predicted molar refractivity (Wildman–Crippen MR) is 77.2 cm³/mol. The van der Waals surface area contributed by atoms with Gasteiger partial charge in [0.2, 0.25) is 0 Å². The Morgan fingerprint density at radius 1 is 1.17 bits per heavy atom. The van der Waals surface area contributed by atoms with Crippen molar-refractivity contribution >= 4 is 17.4 Å². The molecule has 0 aromatic heterocycles. The van der Waals surface area contributed by atoms with E-state index < -0.39 is 5.54 Å². The van der Waals surface area contributed by atoms with E-state index in [4.69, 9.17) is 11.6 Å². The van der Waals surface area contributed by atoms with Gasteiger partial charge in [-0.1, -0.05) is 37.6 Å². The molecule has 18 heavy (non-hydrogen) atoms. The maximum absolute atomic E-state index is 12.4. The first kappa shape index (κ1) is 15.2. The number of Topliss-reactive ketones (excluding diaryl/α,β-unsaturated/α-hetero) is 1. The van der Waals surface area contributed by atoms with Crippen molar-refractivity contribution in [1.82, 2.24) is 4.90 Å². The lowest BCUT2D eigenvalue weighted by Gasteiger charge is -2.35. The number of hydrogen-bond donors (Lipinski definition) is 0. The highest BCUT2D eigenvalue weighted by Crippen LogP contribution is 2.19. The molecule has 0 fully saturated rings. The molecule has 1 aromatic rings. The van der Waals surface area contributed by atoms with Crippen molar-refractivity contribution in [2.45, 2.75) is 39.7 Å². The summed E-state index contributed by atoms with van der Waals surface area (Å²) in [4.78, 5) is 14.6. The van der Waals surface area contributed by atoms with Gasteiger partial charge < -0.3 is 0 Å². The second-order valence-corrected chi connectivity index (χ2v) is 5.39. The molecular weight excluding hydrogens is 246 g/mol. The van der Waals surface area contributed by atoms with E-state index in [0.717, 1.165) is 18.7 Å². The summed E-state index contributed by atoms with van der Waals surface area (Å²) in [5.74, 6) is 0.244. The van der Waals surface area contributed by atoms with Gasteiger partial charge in [-0.25, -0.2) is 0 Å². The van der Waals surface area contributed by atoms with Crippen LogP contribution in [0.1, 0.15) is 33.3 Å². The van der Waals surface area contributed by atoms with Gasteiger partial charge >= 0.3 is 0 Å². The largest absolute Gasteiger partial charge is 0.297 e. The maximum Gasteiger partial charge on any atom is 0.156 e. The number of nitrogens with zero attached hydrogens (tertiary/aromatic N) is 1. The minimum atomic E-state index is -0.414. The number of halogens is 1. The zero-order valence-corrected chi connectivity index (χ0v) is 12.4. The molecule has 0 aliphatic heterocycles. The molecule has 0 radical (unpaired) electrons. The number of likely N-dealkylation sites (N-methyl/N-ethyl adjacent to an activating group) is 1. The lowest BCUT2D eigenvalue weighted by molar-refractivity contribution is -0.128. The molecule has 0 aliphatic carbocycles. The number of benzene rings is 1. The molecule has 3 heteroatoms. The number of hydrogen-bond acceptors (Lipinski definition) is 2. The van der Waals surface area contributed by atoms with Gasteiger partial charge in [-0.3, -0.25) is 9.69 Å². The average molecular weight is 268 g/mol. The van der Waals surface area contributed by atoms with Crippen LogP contribution in [-0.2, 0) is 11.2 Å². The molecule has 0 bridgehead atoms. The normalized spacial score (nSPS) is 11.9. The third-order valence-corrected chi connectivity index (χ3v) is 3.77. The Morgan fingerprint density at radius 3 is 2.11 bits per heavy atom. The summed E-state index contributed by atoms with van der Waals surface area (Å²) in [6.45, 7) is 9.93. The van der Waals surface area contributed by atoms with E-state index in [1.807, 2.05) is 38.1 Å². The van der Waals surface area contributed by atoms with Crippen LogP contribution in [0.15, 0.2) is 24.3 Å². The van der Waals surface area contributed by atoms with Crippen molar-refractivity contribution in [3.63, 3.8) is 0 Å². The monoisotopic (exact) mass is 267 g/mol. The molecular formula is C15H22ClNO. The van der Waals surface area contributed by atoms with Crippen LogP contribution in [0, 0.1) is 0 Å². The van der Waals surface area contributed by atoms with E-state index in [2.05, 4.69) is 18.7 Å². The van der Waals surface area contributed by atoms with Crippen LogP contribution in [0.5, 0.6) is 0 Å². The molecule has 100 valence electrons. The lowest BCUT2D eigenvalue weighted by atomic mass is 9.91. The Balaban J connectivity index is 2.78. The highest BCUT2D eigenvalue weighted by molar-refractivity contribution is 6.30. The molecule has 0 heterocycles. The molecule has 1 aromatic carbocycles. The summed E-state index contributed by atoms with van der Waals surface area (Å²) in [6.07, 6.45) is 0.459. The van der Waals surface area contributed by atoms with Crippen LogP contribution < -0.4 is 0 Å². The van der Waals surface area contributed by atoms with E-state index in [1.165, 1.54) is 0 Å². The summed E-state index contributed by atoms with van der Waals surface area (Å²) < 4.78 is 0. The first-order chi connectivity index (χ1) is 8.41. The van der Waals surface area contributed by atoms with Crippen LogP contribution in [0.25, 0.3) is 0 Å². The molecule has 0 saturated carbocycles. The van der Waals surface area contributed by atoms with Crippen molar-refractivity contribution in [2.75, 3.05) is 13.1 Å². The SMILES string of the molecule is CCN(CC)C(C)(C)C(=O)Cc1ccc(Cl)cc1. The predicted octanol–water partition coefficient (Wildman–Crippen LogP) is 3.57. The molecule has 1 rings (SSSR count). The summed E-state index contributed by atoms with van der Waals surface area (Å²) in [5.41, 5.74) is 0.605. The van der Waals surface area contributed by atoms with Crippen molar-refractivity contribution in [1.29, 1.82) is 0 Å². The van der Waals surface area contributed by atoms with Crippen LogP contribution >= 0.6 is 11.6 Å². The third-order valence-electron chi connectivity index (χ3n) is 3.51. The number of carbonyl (C=O) groups excluding carboxylic acids is 1. The Bertz CT molecular complexity index is 393. The van der Waals surface area contributed by atoms with E-state index in [9.17, 15) is 4.79 Å². The zero-order chi connectivity index (χ0) is 13.8. The van der Waals surface area contributed by atoms with Gasteiger partial charge in [0.1, 0.15) is 0 Å². The number of carbonyl (C=O) groups is 1. The summed E-state index contributed by atoms with van der Waals surface area (Å²) in [7, 11) is 0. The second-order valence-electron chi connectivity index (χ2n) is 4.96. The topological polar surface area (TPSA) is 20.3 Å². The van der Waals surface area contributed by atoms with E-state index in [0.29, 0.717) is 11.4 Å². The van der Waals surface area contributed by atoms with Crippen molar-refractivity contribution in [3.8, 4) is 0 Å². The Kier molecular flexibility index (Phi) is 5.36. The lowest BCUT2D eigenvalue weighted by Crippen LogP contribution is -2.50. The van der Waals surface area contributed by atoms with Gasteiger partial charge in [-0.05, 0) is 44.6 Å². The van der Waals surface area contributed by atoms with E-state index in [1.54, 1.807) is 0 Å². The van der Waals surface area contributed by atoms with Gasteiger partial charge in [0.15, 0.2) is 5.78 Å². The van der Waals surface area contributed by atoms with Crippen molar-refractivity contribution < 1.29 is 4.79 Å². The minimum Gasteiger partial charge on any atom is -0.297 e. The number of ketones is 1. The van der Waals surface area contributed by atoms with Gasteiger partial charge in [0.25, 0.3) is 0 Å². The molecule has 2 nitrogen and oxygen atoms in total. The van der Waals surface area contributed by atoms with Crippen LogP contribution in [0.3, 0.4) is 0 Å². The molecule has 0 aliphatic rings. The summed E-state index contributed by atoms with van der Waals surface area (Å²) >= 11 is 5.84. The first-order valence-corrected chi connectivity index (χ1v) is 6.82. The molecule has 0 unspecified atom stereocenters. The van der Waals surface area contributed by atoms with Crippen LogP contribution in [-0.4, -0.2) is 29.3 Å². The van der Waals surface area contributed by atoms with E-state index >= 15 is 0 Å². The summed E-state index contributed by atoms with van der Waals surface area (Å²) in [6, 6.07) is 7.49. The molecule has 0 spiro atoms. The van der Waals surface area contributed by atoms with Gasteiger partial charge in [-0.15, -0.1) is 0 Å². The standard InChI is InChI=1S/C15H22ClNO/c1-5-17(6-2)15(3,4)14(18)11-12-7-9-13(16)10-8-12/h7-10H,5-6,11H2,1-4H3. The molecule has 0 N–H and O–H groups in total. The first-order valence-electron chi connectivity index (χ1n) is 6.44. The van der Waals surface area contributed by atoms with Gasteiger partial charge in [0, 0.05) is 11.4 Å². The molecule has 0 saturated heterocycles. The quantitative estimate of drug-likeness (QED) is 0.785. The fourth-order valence-corrected chi connectivity index (χ4v) is 2.32. The maximum atomic E-state index is 12.4. The van der Waals surface area contributed by atoms with Crippen molar-refractivity contribution in [3.05, 3.63) is 34.9 Å². The second kappa shape index (κ2) is 6.35. The number of rotatable bonds is 6. The minimum absolute atomic E-state index is 0.244. The molecule has 0 amide bonds. The highest BCUT2D eigenvalue weighted by atomic mass is 35.5. The van der Waals surface area contributed by atoms with Gasteiger partial charge in [0.05, 0.1) is 5.54 Å². The zero-order valence-electron chi connectivity index (χ0n) is 11.7. The van der Waals surface area contributed by atoms with Crippen molar-refractivity contribution in [2.24, 2.45) is 0 Å². The smallest absolute Gasteiger partial charge is 0.156 e. The Hall–Kier alpha value is -0.860. The third kappa shape index (κ3) is 3.56. The Morgan fingerprint density at radius 2 is 1.67 bits per heavy atom.